The first-order chi connectivity index (χ1) is 28.7. The van der Waals surface area contributed by atoms with Gasteiger partial charge in [0.25, 0.3) is 0 Å². The summed E-state index contributed by atoms with van der Waals surface area (Å²) >= 11 is 0. The van der Waals surface area contributed by atoms with E-state index in [0.29, 0.717) is 17.5 Å². The van der Waals surface area contributed by atoms with Crippen molar-refractivity contribution < 1.29 is 0 Å². The van der Waals surface area contributed by atoms with Crippen molar-refractivity contribution in [3.05, 3.63) is 224 Å². The lowest BCUT2D eigenvalue weighted by Crippen LogP contribution is -2.01. The van der Waals surface area contributed by atoms with E-state index in [1.54, 1.807) is 0 Å². The summed E-state index contributed by atoms with van der Waals surface area (Å²) in [4.78, 5) is 15.6. The smallest absolute Gasteiger partial charge is 0.164 e. The van der Waals surface area contributed by atoms with Crippen molar-refractivity contribution in [2.75, 3.05) is 0 Å². The Balaban J connectivity index is 1.08. The summed E-state index contributed by atoms with van der Waals surface area (Å²) in [6, 6.07) is 78.9. The Hall–Kier alpha value is -7.75. The SMILES string of the molecule is c1ccc(-c2ccc(-c3ccc(-c4nc(-c5ccc(-c6ccc7ccccc7c6)cc5)nc(-c5cc(-c6ccccc6)ccc5-c5ccccc5)n4)cc3)cc2)cc1. The molecule has 0 saturated heterocycles. The Morgan fingerprint density at radius 2 is 0.534 bits per heavy atom. The molecule has 0 bridgehead atoms. The molecular formula is C55H37N3. The maximum absolute atomic E-state index is 5.24. The number of rotatable bonds is 8. The second-order valence-electron chi connectivity index (χ2n) is 14.5. The first-order valence-corrected chi connectivity index (χ1v) is 19.6. The topological polar surface area (TPSA) is 38.7 Å². The van der Waals surface area contributed by atoms with Crippen LogP contribution in [0.2, 0.25) is 0 Å². The molecule has 10 aromatic rings. The lowest BCUT2D eigenvalue weighted by Gasteiger charge is -2.14. The molecule has 3 heteroatoms. The summed E-state index contributed by atoms with van der Waals surface area (Å²) < 4.78 is 0. The number of fused-ring (bicyclic) bond motifs is 1. The highest BCUT2D eigenvalue weighted by Crippen LogP contribution is 2.37. The van der Waals surface area contributed by atoms with Crippen molar-refractivity contribution in [2.45, 2.75) is 0 Å². The monoisotopic (exact) mass is 739 g/mol. The van der Waals surface area contributed by atoms with Crippen LogP contribution >= 0.6 is 0 Å². The van der Waals surface area contributed by atoms with Crippen LogP contribution in [0.3, 0.4) is 0 Å². The summed E-state index contributed by atoms with van der Waals surface area (Å²) in [6.07, 6.45) is 0. The van der Waals surface area contributed by atoms with E-state index in [1.165, 1.54) is 27.5 Å². The van der Waals surface area contributed by atoms with Gasteiger partial charge in [0.05, 0.1) is 0 Å². The Morgan fingerprint density at radius 3 is 1.07 bits per heavy atom. The zero-order valence-electron chi connectivity index (χ0n) is 31.7. The first kappa shape index (κ1) is 34.7. The highest BCUT2D eigenvalue weighted by atomic mass is 15.0. The van der Waals surface area contributed by atoms with E-state index >= 15 is 0 Å². The van der Waals surface area contributed by atoms with Crippen LogP contribution in [0.1, 0.15) is 0 Å². The van der Waals surface area contributed by atoms with Gasteiger partial charge in [-0.3, -0.25) is 0 Å². The van der Waals surface area contributed by atoms with Gasteiger partial charge in [-0.05, 0) is 78.5 Å². The van der Waals surface area contributed by atoms with Crippen LogP contribution in [-0.2, 0) is 0 Å². The van der Waals surface area contributed by atoms with Gasteiger partial charge >= 0.3 is 0 Å². The van der Waals surface area contributed by atoms with Gasteiger partial charge in [-0.15, -0.1) is 0 Å². The quantitative estimate of drug-likeness (QED) is 0.156. The largest absolute Gasteiger partial charge is 0.208 e. The maximum Gasteiger partial charge on any atom is 0.164 e. The predicted octanol–water partition coefficient (Wildman–Crippen LogP) is 14.4. The minimum atomic E-state index is 0.619. The minimum absolute atomic E-state index is 0.619. The molecule has 58 heavy (non-hydrogen) atoms. The van der Waals surface area contributed by atoms with Gasteiger partial charge in [-0.25, -0.2) is 15.0 Å². The molecule has 0 atom stereocenters. The van der Waals surface area contributed by atoms with Crippen molar-refractivity contribution in [1.29, 1.82) is 0 Å². The van der Waals surface area contributed by atoms with Crippen LogP contribution in [0.15, 0.2) is 224 Å². The van der Waals surface area contributed by atoms with Crippen molar-refractivity contribution in [3.8, 4) is 89.8 Å². The van der Waals surface area contributed by atoms with Crippen molar-refractivity contribution in [1.82, 2.24) is 15.0 Å². The zero-order valence-corrected chi connectivity index (χ0v) is 31.7. The molecule has 0 aliphatic rings. The summed E-state index contributed by atoms with van der Waals surface area (Å²) in [5.41, 5.74) is 14.2. The zero-order chi connectivity index (χ0) is 38.7. The lowest BCUT2D eigenvalue weighted by molar-refractivity contribution is 1.07. The highest BCUT2D eigenvalue weighted by molar-refractivity contribution is 5.88. The van der Waals surface area contributed by atoms with Gasteiger partial charge in [0, 0.05) is 16.7 Å². The molecule has 0 aliphatic carbocycles. The van der Waals surface area contributed by atoms with E-state index in [0.717, 1.165) is 55.6 Å². The Kier molecular flexibility index (Phi) is 9.23. The molecule has 272 valence electrons. The predicted molar refractivity (Wildman–Crippen MR) is 241 cm³/mol. The van der Waals surface area contributed by atoms with Crippen LogP contribution in [0.5, 0.6) is 0 Å². The first-order valence-electron chi connectivity index (χ1n) is 19.6. The number of nitrogens with zero attached hydrogens (tertiary/aromatic N) is 3. The fraction of sp³-hybridized carbons (Fsp3) is 0. The van der Waals surface area contributed by atoms with Crippen molar-refractivity contribution in [2.24, 2.45) is 0 Å². The molecule has 0 saturated carbocycles. The number of benzene rings is 9. The maximum atomic E-state index is 5.24. The highest BCUT2D eigenvalue weighted by Gasteiger charge is 2.17. The molecule has 9 aromatic carbocycles. The summed E-state index contributed by atoms with van der Waals surface area (Å²) in [5, 5.41) is 2.45. The Labute approximate surface area is 338 Å². The van der Waals surface area contributed by atoms with Crippen LogP contribution in [0, 0.1) is 0 Å². The summed E-state index contributed by atoms with van der Waals surface area (Å²) in [6.45, 7) is 0. The van der Waals surface area contributed by atoms with Crippen LogP contribution < -0.4 is 0 Å². The normalized spacial score (nSPS) is 11.1. The van der Waals surface area contributed by atoms with Gasteiger partial charge < -0.3 is 0 Å². The van der Waals surface area contributed by atoms with Gasteiger partial charge in [0.15, 0.2) is 17.5 Å². The van der Waals surface area contributed by atoms with Gasteiger partial charge in [-0.2, -0.15) is 0 Å². The van der Waals surface area contributed by atoms with Gasteiger partial charge in [0.1, 0.15) is 0 Å². The fourth-order valence-corrected chi connectivity index (χ4v) is 7.64. The van der Waals surface area contributed by atoms with E-state index in [9.17, 15) is 0 Å². The van der Waals surface area contributed by atoms with Gasteiger partial charge in [0.2, 0.25) is 0 Å². The minimum Gasteiger partial charge on any atom is -0.208 e. The van der Waals surface area contributed by atoms with Gasteiger partial charge in [-0.1, -0.05) is 212 Å². The standard InChI is InChI=1S/C55H37N3/c1-4-12-38(13-5-1)41-20-22-42(23-21-41)43-24-29-46(30-25-43)53-56-54(47-31-26-44(27-32-47)49-33-28-40-16-10-11-19-48(40)36-49)58-55(57-53)52-37-50(39-14-6-2-7-15-39)34-35-51(52)45-17-8-3-9-18-45/h1-37H. The van der Waals surface area contributed by atoms with Crippen molar-refractivity contribution in [3.63, 3.8) is 0 Å². The third kappa shape index (κ3) is 7.09. The molecule has 1 heterocycles. The van der Waals surface area contributed by atoms with E-state index in [1.807, 2.05) is 18.2 Å². The van der Waals surface area contributed by atoms with E-state index in [4.69, 9.17) is 15.0 Å². The molecule has 10 rings (SSSR count). The van der Waals surface area contributed by atoms with E-state index in [2.05, 4.69) is 206 Å². The van der Waals surface area contributed by atoms with E-state index < -0.39 is 0 Å². The van der Waals surface area contributed by atoms with Crippen LogP contribution in [0.25, 0.3) is 101 Å². The van der Waals surface area contributed by atoms with Crippen molar-refractivity contribution >= 4 is 10.8 Å². The lowest BCUT2D eigenvalue weighted by atomic mass is 9.94. The van der Waals surface area contributed by atoms with E-state index in [-0.39, 0.29) is 0 Å². The number of aromatic nitrogens is 3. The van der Waals surface area contributed by atoms with Crippen LogP contribution in [-0.4, -0.2) is 15.0 Å². The second-order valence-corrected chi connectivity index (χ2v) is 14.5. The molecule has 0 aliphatic heterocycles. The number of hydrogen-bond donors (Lipinski definition) is 0. The third-order valence-electron chi connectivity index (χ3n) is 10.8. The Bertz CT molecular complexity index is 3000. The molecule has 0 spiro atoms. The average molecular weight is 740 g/mol. The Morgan fingerprint density at radius 1 is 0.190 bits per heavy atom. The summed E-state index contributed by atoms with van der Waals surface area (Å²) in [5.74, 6) is 1.86. The third-order valence-corrected chi connectivity index (χ3v) is 10.8. The average Bonchev–Trinajstić information content (AvgIpc) is 3.32. The number of hydrogen-bond acceptors (Lipinski definition) is 3. The molecule has 0 unspecified atom stereocenters. The molecule has 0 fully saturated rings. The molecule has 0 radical (unpaired) electrons. The molecular weight excluding hydrogens is 703 g/mol. The molecule has 0 amide bonds. The fourth-order valence-electron chi connectivity index (χ4n) is 7.64. The molecule has 1 aromatic heterocycles. The second kappa shape index (κ2) is 15.4. The molecule has 3 nitrogen and oxygen atoms in total. The summed E-state index contributed by atoms with van der Waals surface area (Å²) in [7, 11) is 0. The molecule has 0 N–H and O–H groups in total. The van der Waals surface area contributed by atoms with Crippen LogP contribution in [0.4, 0.5) is 0 Å².